The number of hydrogen-bond donors (Lipinski definition) is 3. The highest BCUT2D eigenvalue weighted by Gasteiger charge is 2.25. The molecule has 0 aliphatic rings. The number of nitrogens with zero attached hydrogens (tertiary/aromatic N) is 1. The molecule has 0 saturated heterocycles. The van der Waals surface area contributed by atoms with Crippen molar-refractivity contribution in [3.05, 3.63) is 70.9 Å². The maximum absolute atomic E-state index is 12.6. The van der Waals surface area contributed by atoms with E-state index in [1.54, 1.807) is 24.3 Å². The summed E-state index contributed by atoms with van der Waals surface area (Å²) in [6.07, 6.45) is 1.17. The standard InChI is InChI=1S/C19H19ClN4O3S/c1-12(2)13-3-7-15(8-4-13)22-18(25)17-11-21-23-19(17)28(26,27)24-16-9-5-14(20)6-10-16/h3-12,24H,1-2H3,(H,21,23)(H,22,25). The van der Waals surface area contributed by atoms with Crippen molar-refractivity contribution in [2.45, 2.75) is 24.8 Å². The Balaban J connectivity index is 1.80. The van der Waals surface area contributed by atoms with Crippen molar-refractivity contribution in [1.82, 2.24) is 10.2 Å². The lowest BCUT2D eigenvalue weighted by atomic mass is 10.0. The molecule has 0 unspecified atom stereocenters. The Kier molecular flexibility index (Phi) is 5.71. The summed E-state index contributed by atoms with van der Waals surface area (Å²) in [5, 5.41) is 8.94. The zero-order valence-electron chi connectivity index (χ0n) is 15.2. The third kappa shape index (κ3) is 4.52. The molecular weight excluding hydrogens is 400 g/mol. The molecule has 7 nitrogen and oxygen atoms in total. The molecule has 1 amide bonds. The summed E-state index contributed by atoms with van der Waals surface area (Å²) < 4.78 is 27.7. The van der Waals surface area contributed by atoms with E-state index in [4.69, 9.17) is 11.6 Å². The van der Waals surface area contributed by atoms with Gasteiger partial charge >= 0.3 is 0 Å². The Hall–Kier alpha value is -2.84. The minimum absolute atomic E-state index is 0.0885. The summed E-state index contributed by atoms with van der Waals surface area (Å²) in [5.41, 5.74) is 1.92. The molecule has 0 aliphatic carbocycles. The molecule has 0 fully saturated rings. The number of halogens is 1. The van der Waals surface area contributed by atoms with Crippen molar-refractivity contribution in [2.75, 3.05) is 10.0 Å². The number of anilines is 2. The van der Waals surface area contributed by atoms with Gasteiger partial charge in [0, 0.05) is 16.4 Å². The maximum Gasteiger partial charge on any atom is 0.279 e. The summed E-state index contributed by atoms with van der Waals surface area (Å²) in [6.45, 7) is 4.15. The van der Waals surface area contributed by atoms with E-state index in [2.05, 4.69) is 34.1 Å². The van der Waals surface area contributed by atoms with Crippen molar-refractivity contribution in [2.24, 2.45) is 0 Å². The quantitative estimate of drug-likeness (QED) is 0.556. The number of benzene rings is 2. The third-order valence-electron chi connectivity index (χ3n) is 4.05. The molecule has 2 aromatic carbocycles. The number of nitrogens with one attached hydrogen (secondary N) is 3. The second-order valence-corrected chi connectivity index (χ2v) is 8.51. The number of carbonyl (C=O) groups excluding carboxylic acids is 1. The molecule has 0 saturated carbocycles. The van der Waals surface area contributed by atoms with Gasteiger partial charge in [0.2, 0.25) is 0 Å². The fraction of sp³-hybridized carbons (Fsp3) is 0.158. The molecule has 9 heteroatoms. The Morgan fingerprint density at radius 2 is 1.64 bits per heavy atom. The second kappa shape index (κ2) is 8.04. The van der Waals surface area contributed by atoms with Gasteiger partial charge in [-0.2, -0.15) is 13.5 Å². The van der Waals surface area contributed by atoms with Crippen molar-refractivity contribution >= 4 is 38.9 Å². The first kappa shape index (κ1) is 19.9. The number of carbonyl (C=O) groups is 1. The largest absolute Gasteiger partial charge is 0.322 e. The smallest absolute Gasteiger partial charge is 0.279 e. The predicted molar refractivity (Wildman–Crippen MR) is 109 cm³/mol. The highest BCUT2D eigenvalue weighted by Crippen LogP contribution is 2.21. The van der Waals surface area contributed by atoms with Crippen LogP contribution in [0.3, 0.4) is 0 Å². The molecule has 146 valence electrons. The summed E-state index contributed by atoms with van der Waals surface area (Å²) in [6, 6.07) is 13.5. The molecule has 3 rings (SSSR count). The van der Waals surface area contributed by atoms with Gasteiger partial charge in [0.1, 0.15) is 0 Å². The van der Waals surface area contributed by atoms with Crippen LogP contribution in [0.4, 0.5) is 11.4 Å². The van der Waals surface area contributed by atoms with Crippen LogP contribution in [0.1, 0.15) is 35.7 Å². The summed E-state index contributed by atoms with van der Waals surface area (Å²) >= 11 is 5.81. The number of rotatable bonds is 6. The Morgan fingerprint density at radius 1 is 1.04 bits per heavy atom. The van der Waals surface area contributed by atoms with E-state index >= 15 is 0 Å². The van der Waals surface area contributed by atoms with E-state index in [-0.39, 0.29) is 10.6 Å². The number of aromatic nitrogens is 2. The first-order valence-corrected chi connectivity index (χ1v) is 10.4. The Morgan fingerprint density at radius 3 is 2.25 bits per heavy atom. The summed E-state index contributed by atoms with van der Waals surface area (Å²) in [7, 11) is -4.04. The fourth-order valence-corrected chi connectivity index (χ4v) is 3.80. The van der Waals surface area contributed by atoms with Crippen LogP contribution < -0.4 is 10.0 Å². The number of sulfonamides is 1. The van der Waals surface area contributed by atoms with E-state index in [0.717, 1.165) is 5.56 Å². The van der Waals surface area contributed by atoms with E-state index in [1.807, 2.05) is 12.1 Å². The normalized spacial score (nSPS) is 11.4. The molecule has 0 bridgehead atoms. The molecule has 1 heterocycles. The molecule has 0 spiro atoms. The van der Waals surface area contributed by atoms with E-state index < -0.39 is 15.9 Å². The summed E-state index contributed by atoms with van der Waals surface area (Å²) in [5.74, 6) is -0.211. The second-order valence-electron chi connectivity index (χ2n) is 6.46. The van der Waals surface area contributed by atoms with Gasteiger partial charge in [-0.15, -0.1) is 0 Å². The van der Waals surface area contributed by atoms with Gasteiger partial charge in [-0.3, -0.25) is 14.6 Å². The van der Waals surface area contributed by atoms with Crippen molar-refractivity contribution in [1.29, 1.82) is 0 Å². The van der Waals surface area contributed by atoms with Crippen molar-refractivity contribution in [3.63, 3.8) is 0 Å². The lowest BCUT2D eigenvalue weighted by Gasteiger charge is -2.10. The molecule has 28 heavy (non-hydrogen) atoms. The van der Waals surface area contributed by atoms with Crippen LogP contribution in [0.15, 0.2) is 59.8 Å². The van der Waals surface area contributed by atoms with E-state index in [9.17, 15) is 13.2 Å². The fourth-order valence-electron chi connectivity index (χ4n) is 2.51. The number of amides is 1. The first-order valence-electron chi connectivity index (χ1n) is 8.49. The zero-order chi connectivity index (χ0) is 20.3. The van der Waals surface area contributed by atoms with Crippen LogP contribution in [-0.2, 0) is 10.0 Å². The van der Waals surface area contributed by atoms with Gasteiger partial charge in [0.15, 0.2) is 5.03 Å². The van der Waals surface area contributed by atoms with Crippen LogP contribution in [0.25, 0.3) is 0 Å². The third-order valence-corrected chi connectivity index (χ3v) is 5.65. The van der Waals surface area contributed by atoms with Crippen molar-refractivity contribution < 1.29 is 13.2 Å². The van der Waals surface area contributed by atoms with Crippen LogP contribution in [0, 0.1) is 0 Å². The monoisotopic (exact) mass is 418 g/mol. The van der Waals surface area contributed by atoms with E-state index in [1.165, 1.54) is 18.3 Å². The van der Waals surface area contributed by atoms with Gasteiger partial charge < -0.3 is 5.32 Å². The lowest BCUT2D eigenvalue weighted by molar-refractivity contribution is 0.102. The minimum atomic E-state index is -4.04. The number of H-pyrrole nitrogens is 1. The highest BCUT2D eigenvalue weighted by molar-refractivity contribution is 7.92. The average molecular weight is 419 g/mol. The van der Waals surface area contributed by atoms with Crippen molar-refractivity contribution in [3.8, 4) is 0 Å². The molecule has 0 aliphatic heterocycles. The SMILES string of the molecule is CC(C)c1ccc(NC(=O)c2cn[nH]c2S(=O)(=O)Nc2ccc(Cl)cc2)cc1. The molecule has 0 atom stereocenters. The van der Waals surface area contributed by atoms with Crippen LogP contribution in [0.5, 0.6) is 0 Å². The van der Waals surface area contributed by atoms with Gasteiger partial charge in [0.05, 0.1) is 11.8 Å². The zero-order valence-corrected chi connectivity index (χ0v) is 16.8. The predicted octanol–water partition coefficient (Wildman–Crippen LogP) is 4.24. The van der Waals surface area contributed by atoms with Gasteiger partial charge in [-0.05, 0) is 47.9 Å². The summed E-state index contributed by atoms with van der Waals surface area (Å²) in [4.78, 5) is 12.6. The first-order chi connectivity index (χ1) is 13.3. The molecule has 3 N–H and O–H groups in total. The Bertz CT molecular complexity index is 1080. The lowest BCUT2D eigenvalue weighted by Crippen LogP contribution is -2.19. The van der Waals surface area contributed by atoms with Crippen LogP contribution in [0.2, 0.25) is 5.02 Å². The van der Waals surface area contributed by atoms with Crippen LogP contribution in [-0.4, -0.2) is 24.5 Å². The maximum atomic E-state index is 12.6. The average Bonchev–Trinajstić information content (AvgIpc) is 3.15. The molecular formula is C19H19ClN4O3S. The highest BCUT2D eigenvalue weighted by atomic mass is 35.5. The number of hydrogen-bond acceptors (Lipinski definition) is 4. The molecule has 0 radical (unpaired) electrons. The topological polar surface area (TPSA) is 104 Å². The van der Waals surface area contributed by atoms with Gasteiger partial charge in [-0.1, -0.05) is 37.6 Å². The van der Waals surface area contributed by atoms with E-state index in [0.29, 0.717) is 22.3 Å². The Labute approximate surface area is 168 Å². The minimum Gasteiger partial charge on any atom is -0.322 e. The van der Waals surface area contributed by atoms with Gasteiger partial charge in [0.25, 0.3) is 15.9 Å². The molecule has 1 aromatic heterocycles. The van der Waals surface area contributed by atoms with Crippen LogP contribution >= 0.6 is 11.6 Å². The molecule has 3 aromatic rings. The van der Waals surface area contributed by atoms with Gasteiger partial charge in [-0.25, -0.2) is 0 Å². The number of aromatic amines is 1.